The number of fused-ring (bicyclic) bond motifs is 7. The van der Waals surface area contributed by atoms with Gasteiger partial charge in [0.15, 0.2) is 0 Å². The Morgan fingerprint density at radius 1 is 0.417 bits per heavy atom. The molecule has 0 unspecified atom stereocenters. The molecule has 3 heteroatoms. The van der Waals surface area contributed by atoms with Gasteiger partial charge in [-0.05, 0) is 83.4 Å². The van der Waals surface area contributed by atoms with Gasteiger partial charge in [0.2, 0.25) is 0 Å². The van der Waals surface area contributed by atoms with Gasteiger partial charge in [0.25, 0.3) is 0 Å². The fraction of sp³-hybridized carbons (Fsp3) is 0.0222. The number of anilines is 3. The Hall–Kier alpha value is -6.32. The van der Waals surface area contributed by atoms with E-state index in [1.807, 2.05) is 0 Å². The second kappa shape index (κ2) is 10.6. The fourth-order valence-corrected chi connectivity index (χ4v) is 7.97. The summed E-state index contributed by atoms with van der Waals surface area (Å²) in [5.74, 6) is 0.179. The minimum Gasteiger partial charge on any atom is -0.316 e. The molecule has 3 nitrogen and oxygen atoms in total. The standard InChI is InChI=1S/C45H31N3/c1-3-13-31(14-4-1)43-36-17-7-10-20-39(36)47(40-21-11-8-18-37(40)43)34-24-26-35(27-25-34)48-41-22-12-9-19-38(41)44-42(48)28-23-32-29-30-46(45(32)44)33-15-5-2-6-16-33/h1-30,43H. The molecule has 2 aromatic heterocycles. The number of para-hydroxylation sites is 4. The van der Waals surface area contributed by atoms with Gasteiger partial charge in [-0.25, -0.2) is 0 Å². The Balaban J connectivity index is 1.14. The van der Waals surface area contributed by atoms with Gasteiger partial charge < -0.3 is 14.0 Å². The molecular weight excluding hydrogens is 583 g/mol. The van der Waals surface area contributed by atoms with Crippen LogP contribution >= 0.6 is 0 Å². The molecule has 0 aliphatic carbocycles. The van der Waals surface area contributed by atoms with E-state index in [0.29, 0.717) is 0 Å². The van der Waals surface area contributed by atoms with Gasteiger partial charge in [-0.1, -0.05) is 109 Å². The van der Waals surface area contributed by atoms with E-state index in [2.05, 4.69) is 196 Å². The third-order valence-corrected chi connectivity index (χ3v) is 10.00. The first-order valence-corrected chi connectivity index (χ1v) is 16.6. The highest BCUT2D eigenvalue weighted by atomic mass is 15.2. The largest absolute Gasteiger partial charge is 0.316 e. The predicted molar refractivity (Wildman–Crippen MR) is 200 cm³/mol. The zero-order chi connectivity index (χ0) is 31.6. The average molecular weight is 614 g/mol. The Kier molecular flexibility index (Phi) is 5.94. The van der Waals surface area contributed by atoms with E-state index in [0.717, 1.165) is 17.1 Å². The molecular formula is C45H31N3. The van der Waals surface area contributed by atoms with E-state index in [9.17, 15) is 0 Å². The van der Waals surface area contributed by atoms with Crippen molar-refractivity contribution in [2.45, 2.75) is 5.92 Å². The first-order valence-electron chi connectivity index (χ1n) is 16.6. The summed E-state index contributed by atoms with van der Waals surface area (Å²) in [7, 11) is 0. The van der Waals surface area contributed by atoms with Gasteiger partial charge >= 0.3 is 0 Å². The quantitative estimate of drug-likeness (QED) is 0.192. The molecule has 0 saturated heterocycles. The van der Waals surface area contributed by atoms with Crippen LogP contribution in [0, 0.1) is 0 Å². The first kappa shape index (κ1) is 26.9. The van der Waals surface area contributed by atoms with Crippen LogP contribution in [0.4, 0.5) is 17.1 Å². The highest BCUT2D eigenvalue weighted by molar-refractivity contribution is 6.20. The van der Waals surface area contributed by atoms with Gasteiger partial charge in [0, 0.05) is 45.3 Å². The van der Waals surface area contributed by atoms with Gasteiger partial charge in [-0.15, -0.1) is 0 Å². The van der Waals surface area contributed by atoms with E-state index in [-0.39, 0.29) is 5.92 Å². The highest BCUT2D eigenvalue weighted by Crippen LogP contribution is 2.51. The summed E-state index contributed by atoms with van der Waals surface area (Å²) < 4.78 is 4.74. The smallest absolute Gasteiger partial charge is 0.0628 e. The molecule has 7 aromatic carbocycles. The number of hydrogen-bond acceptors (Lipinski definition) is 1. The lowest BCUT2D eigenvalue weighted by Crippen LogP contribution is -2.22. The minimum atomic E-state index is 0.179. The van der Waals surface area contributed by atoms with Crippen LogP contribution in [0.1, 0.15) is 22.6 Å². The molecule has 0 N–H and O–H groups in total. The Morgan fingerprint density at radius 2 is 1.02 bits per heavy atom. The number of hydrogen-bond donors (Lipinski definition) is 0. The lowest BCUT2D eigenvalue weighted by molar-refractivity contribution is 0.938. The number of aromatic nitrogens is 2. The van der Waals surface area contributed by atoms with Crippen LogP contribution in [0.3, 0.4) is 0 Å². The van der Waals surface area contributed by atoms with Crippen molar-refractivity contribution in [1.29, 1.82) is 0 Å². The molecule has 0 atom stereocenters. The number of benzene rings is 7. The van der Waals surface area contributed by atoms with Crippen LogP contribution in [0.2, 0.25) is 0 Å². The fourth-order valence-electron chi connectivity index (χ4n) is 7.97. The summed E-state index contributed by atoms with van der Waals surface area (Å²) in [6.45, 7) is 0. The molecule has 226 valence electrons. The first-order chi connectivity index (χ1) is 23.8. The Morgan fingerprint density at radius 3 is 1.75 bits per heavy atom. The van der Waals surface area contributed by atoms with Crippen LogP contribution in [0.25, 0.3) is 44.1 Å². The third-order valence-electron chi connectivity index (χ3n) is 10.00. The minimum absolute atomic E-state index is 0.179. The van der Waals surface area contributed by atoms with E-state index >= 15 is 0 Å². The van der Waals surface area contributed by atoms with E-state index in [4.69, 9.17) is 0 Å². The topological polar surface area (TPSA) is 13.1 Å². The van der Waals surface area contributed by atoms with Crippen molar-refractivity contribution in [3.05, 3.63) is 199 Å². The Bertz CT molecular complexity index is 2560. The summed E-state index contributed by atoms with van der Waals surface area (Å²) in [6.07, 6.45) is 2.19. The van der Waals surface area contributed by atoms with Gasteiger partial charge in [0.05, 0.1) is 27.9 Å². The lowest BCUT2D eigenvalue weighted by atomic mass is 9.80. The highest BCUT2D eigenvalue weighted by Gasteiger charge is 2.32. The maximum absolute atomic E-state index is 2.43. The van der Waals surface area contributed by atoms with Crippen molar-refractivity contribution in [3.8, 4) is 11.4 Å². The van der Waals surface area contributed by atoms with Gasteiger partial charge in [-0.3, -0.25) is 0 Å². The van der Waals surface area contributed by atoms with Crippen LogP contribution < -0.4 is 4.90 Å². The van der Waals surface area contributed by atoms with E-state index < -0.39 is 0 Å². The normalized spacial score (nSPS) is 12.9. The molecule has 0 spiro atoms. The lowest BCUT2D eigenvalue weighted by Gasteiger charge is -2.38. The van der Waals surface area contributed by atoms with Crippen molar-refractivity contribution in [2.75, 3.05) is 4.90 Å². The zero-order valence-corrected chi connectivity index (χ0v) is 26.2. The number of rotatable bonds is 4. The van der Waals surface area contributed by atoms with Crippen molar-refractivity contribution >= 4 is 49.8 Å². The molecule has 1 aliphatic rings. The summed E-state index contributed by atoms with van der Waals surface area (Å²) in [4.78, 5) is 2.43. The van der Waals surface area contributed by atoms with Gasteiger partial charge in [0.1, 0.15) is 0 Å². The monoisotopic (exact) mass is 613 g/mol. The molecule has 48 heavy (non-hydrogen) atoms. The average Bonchev–Trinajstić information content (AvgIpc) is 3.74. The molecule has 10 rings (SSSR count). The van der Waals surface area contributed by atoms with Crippen LogP contribution in [0.15, 0.2) is 182 Å². The van der Waals surface area contributed by atoms with E-state index in [1.54, 1.807) is 0 Å². The summed E-state index contributed by atoms with van der Waals surface area (Å²) in [5.41, 5.74) is 13.5. The Labute approximate surface area is 279 Å². The second-order valence-corrected chi connectivity index (χ2v) is 12.6. The molecule has 0 saturated carbocycles. The van der Waals surface area contributed by atoms with Crippen LogP contribution in [0.5, 0.6) is 0 Å². The SMILES string of the molecule is c1ccc(C2c3ccccc3N(c3ccc(-n4c5ccccc5c5c6c(ccc54)ccn6-c4ccccc4)cc3)c3ccccc32)cc1. The zero-order valence-electron chi connectivity index (χ0n) is 26.2. The van der Waals surface area contributed by atoms with Crippen LogP contribution in [-0.4, -0.2) is 9.13 Å². The molecule has 3 heterocycles. The molecule has 0 amide bonds. The molecule has 0 bridgehead atoms. The van der Waals surface area contributed by atoms with Gasteiger partial charge in [-0.2, -0.15) is 0 Å². The van der Waals surface area contributed by atoms with Crippen molar-refractivity contribution in [1.82, 2.24) is 9.13 Å². The maximum Gasteiger partial charge on any atom is 0.0628 e. The molecule has 0 radical (unpaired) electrons. The summed E-state index contributed by atoms with van der Waals surface area (Å²) in [6, 6.07) is 63.9. The van der Waals surface area contributed by atoms with E-state index in [1.165, 1.54) is 60.8 Å². The maximum atomic E-state index is 2.43. The van der Waals surface area contributed by atoms with Crippen LogP contribution in [-0.2, 0) is 0 Å². The molecule has 1 aliphatic heterocycles. The summed E-state index contributed by atoms with van der Waals surface area (Å²) in [5, 5.41) is 3.76. The third kappa shape index (κ3) is 3.94. The molecule has 0 fully saturated rings. The molecule has 9 aromatic rings. The number of nitrogens with zero attached hydrogens (tertiary/aromatic N) is 3. The van der Waals surface area contributed by atoms with Crippen molar-refractivity contribution < 1.29 is 0 Å². The second-order valence-electron chi connectivity index (χ2n) is 12.6. The van der Waals surface area contributed by atoms with Crippen molar-refractivity contribution in [3.63, 3.8) is 0 Å². The van der Waals surface area contributed by atoms with Crippen molar-refractivity contribution in [2.24, 2.45) is 0 Å². The predicted octanol–water partition coefficient (Wildman–Crippen LogP) is 11.7. The summed E-state index contributed by atoms with van der Waals surface area (Å²) >= 11 is 0.